The van der Waals surface area contributed by atoms with Crippen LogP contribution in [0.3, 0.4) is 0 Å². The zero-order valence-electron chi connectivity index (χ0n) is 15.8. The van der Waals surface area contributed by atoms with Crippen molar-refractivity contribution in [3.63, 3.8) is 0 Å². The molecule has 0 saturated heterocycles. The van der Waals surface area contributed by atoms with E-state index in [1.165, 1.54) is 24.2 Å². The van der Waals surface area contributed by atoms with Gasteiger partial charge in [-0.15, -0.1) is 11.8 Å². The van der Waals surface area contributed by atoms with Crippen LogP contribution in [0, 0.1) is 0 Å². The number of hydrazone groups is 2. The van der Waals surface area contributed by atoms with Gasteiger partial charge in [-0.3, -0.25) is 9.59 Å². The predicted octanol–water partition coefficient (Wildman–Crippen LogP) is 4.10. The van der Waals surface area contributed by atoms with Crippen molar-refractivity contribution in [2.75, 3.05) is 0 Å². The van der Waals surface area contributed by atoms with E-state index in [1.807, 2.05) is 12.1 Å². The van der Waals surface area contributed by atoms with Crippen molar-refractivity contribution in [3.8, 4) is 0 Å². The monoisotopic (exact) mass is 450 g/mol. The highest BCUT2D eigenvalue weighted by molar-refractivity contribution is 8.01. The second-order valence-corrected chi connectivity index (χ2v) is 8.56. The third-order valence-corrected chi connectivity index (χ3v) is 5.34. The number of nitrogens with one attached hydrogen (secondary N) is 2. The van der Waals surface area contributed by atoms with Crippen LogP contribution in [0.25, 0.3) is 0 Å². The lowest BCUT2D eigenvalue weighted by Crippen LogP contribution is -2.33. The molecule has 152 valence electrons. The molecule has 29 heavy (non-hydrogen) atoms. The van der Waals surface area contributed by atoms with Crippen molar-refractivity contribution in [2.24, 2.45) is 10.2 Å². The van der Waals surface area contributed by atoms with E-state index in [2.05, 4.69) is 21.1 Å². The van der Waals surface area contributed by atoms with Gasteiger partial charge < -0.3 is 0 Å². The third kappa shape index (κ3) is 8.27. The molecule has 0 heterocycles. The Bertz CT molecular complexity index is 847. The second-order valence-electron chi connectivity index (χ2n) is 6.00. The van der Waals surface area contributed by atoms with Gasteiger partial charge in [0, 0.05) is 10.0 Å². The van der Waals surface area contributed by atoms with Gasteiger partial charge >= 0.3 is 0 Å². The van der Waals surface area contributed by atoms with Crippen LogP contribution in [-0.4, -0.2) is 34.7 Å². The number of halogens is 2. The zero-order chi connectivity index (χ0) is 21.2. The molecule has 0 saturated carbocycles. The average Bonchev–Trinajstić information content (AvgIpc) is 2.67. The van der Waals surface area contributed by atoms with Gasteiger partial charge in [0.1, 0.15) is 0 Å². The molecule has 0 radical (unpaired) electrons. The van der Waals surface area contributed by atoms with Gasteiger partial charge in [0.15, 0.2) is 0 Å². The summed E-state index contributed by atoms with van der Waals surface area (Å²) in [6.07, 6.45) is 3.00. The summed E-state index contributed by atoms with van der Waals surface area (Å²) in [5, 5.41) is 8.04. The molecule has 0 spiro atoms. The molecule has 0 fully saturated rings. The molecule has 0 aliphatic carbocycles. The number of carbonyl (C=O) groups is 2. The Morgan fingerprint density at radius 2 is 1.28 bits per heavy atom. The van der Waals surface area contributed by atoms with Gasteiger partial charge in [-0.05, 0) is 49.2 Å². The normalized spacial score (nSPS) is 13.4. The molecule has 2 rings (SSSR count). The average molecular weight is 451 g/mol. The molecule has 0 unspecified atom stereocenters. The van der Waals surface area contributed by atoms with E-state index in [-0.39, 0.29) is 11.8 Å². The van der Waals surface area contributed by atoms with Gasteiger partial charge in [-0.25, -0.2) is 10.9 Å². The van der Waals surface area contributed by atoms with Crippen LogP contribution in [0.15, 0.2) is 58.7 Å². The Labute approximate surface area is 183 Å². The van der Waals surface area contributed by atoms with E-state index in [4.69, 9.17) is 23.2 Å². The molecule has 9 heteroatoms. The van der Waals surface area contributed by atoms with E-state index in [0.29, 0.717) is 10.0 Å². The van der Waals surface area contributed by atoms with Crippen LogP contribution >= 0.6 is 35.0 Å². The summed E-state index contributed by atoms with van der Waals surface area (Å²) in [4.78, 5) is 24.3. The minimum atomic E-state index is -0.482. The fourth-order valence-electron chi connectivity index (χ4n) is 2.13. The number of amides is 2. The van der Waals surface area contributed by atoms with Crippen LogP contribution < -0.4 is 10.9 Å². The molecular weight excluding hydrogens is 431 g/mol. The summed E-state index contributed by atoms with van der Waals surface area (Å²) in [6.45, 7) is 3.40. The topological polar surface area (TPSA) is 82.9 Å². The smallest absolute Gasteiger partial charge is 0.252 e. The first-order valence-corrected chi connectivity index (χ1v) is 10.4. The Morgan fingerprint density at radius 1 is 0.862 bits per heavy atom. The number of carbonyl (C=O) groups excluding carboxylic acids is 2. The fraction of sp³-hybridized carbons (Fsp3) is 0.200. The first-order chi connectivity index (χ1) is 13.8. The van der Waals surface area contributed by atoms with Crippen LogP contribution in [0.5, 0.6) is 0 Å². The van der Waals surface area contributed by atoms with E-state index >= 15 is 0 Å². The summed E-state index contributed by atoms with van der Waals surface area (Å²) in [5.41, 5.74) is 6.45. The second kappa shape index (κ2) is 11.6. The standard InChI is InChI=1S/C20H20Cl2N4O2S/c1-13(19(27)25-23-11-15-5-3-7-17(21)9-15)29-14(2)20(28)26-24-12-16-6-4-8-18(22)10-16/h3-14H,1-2H3,(H,25,27)(H,26,28)/b23-11-,24-12+/t13-,14-/m0/s1. The Balaban J connectivity index is 1.78. The van der Waals surface area contributed by atoms with Gasteiger partial charge in [0.2, 0.25) is 0 Å². The van der Waals surface area contributed by atoms with E-state index < -0.39 is 10.5 Å². The van der Waals surface area contributed by atoms with Gasteiger partial charge in [-0.1, -0.05) is 47.5 Å². The molecule has 2 aromatic rings. The van der Waals surface area contributed by atoms with Crippen LogP contribution in [-0.2, 0) is 9.59 Å². The summed E-state index contributed by atoms with van der Waals surface area (Å²) in [5.74, 6) is -0.620. The third-order valence-electron chi connectivity index (χ3n) is 3.62. The highest BCUT2D eigenvalue weighted by atomic mass is 35.5. The van der Waals surface area contributed by atoms with Crippen LogP contribution in [0.4, 0.5) is 0 Å². The lowest BCUT2D eigenvalue weighted by atomic mass is 10.2. The van der Waals surface area contributed by atoms with E-state index in [9.17, 15) is 9.59 Å². The maximum atomic E-state index is 12.1. The first-order valence-electron chi connectivity index (χ1n) is 8.67. The Hall–Kier alpha value is -2.35. The lowest BCUT2D eigenvalue weighted by molar-refractivity contribution is -0.120. The lowest BCUT2D eigenvalue weighted by Gasteiger charge is -2.14. The van der Waals surface area contributed by atoms with Crippen molar-refractivity contribution in [3.05, 3.63) is 69.7 Å². The number of thioether (sulfide) groups is 1. The summed E-state index contributed by atoms with van der Waals surface area (Å²) in [7, 11) is 0. The fourth-order valence-corrected chi connectivity index (χ4v) is 3.49. The van der Waals surface area contributed by atoms with Crippen molar-refractivity contribution in [1.82, 2.24) is 10.9 Å². The highest BCUT2D eigenvalue weighted by Gasteiger charge is 2.21. The molecule has 0 bridgehead atoms. The number of rotatable bonds is 8. The Kier molecular flexibility index (Phi) is 9.18. The van der Waals surface area contributed by atoms with E-state index in [0.717, 1.165) is 11.1 Å². The van der Waals surface area contributed by atoms with Crippen molar-refractivity contribution in [1.29, 1.82) is 0 Å². The molecule has 2 aromatic carbocycles. The van der Waals surface area contributed by atoms with Crippen molar-refractivity contribution < 1.29 is 9.59 Å². The maximum absolute atomic E-state index is 12.1. The number of benzene rings is 2. The van der Waals surface area contributed by atoms with Gasteiger partial charge in [0.05, 0.1) is 22.9 Å². The van der Waals surface area contributed by atoms with Crippen LogP contribution in [0.1, 0.15) is 25.0 Å². The van der Waals surface area contributed by atoms with Gasteiger partial charge in [0.25, 0.3) is 11.8 Å². The molecule has 2 atom stereocenters. The first kappa shape index (κ1) is 22.9. The molecule has 0 aromatic heterocycles. The number of nitrogens with zero attached hydrogens (tertiary/aromatic N) is 2. The Morgan fingerprint density at radius 3 is 1.66 bits per heavy atom. The quantitative estimate of drug-likeness (QED) is 0.468. The number of hydrogen-bond donors (Lipinski definition) is 2. The van der Waals surface area contributed by atoms with Crippen LogP contribution in [0.2, 0.25) is 10.0 Å². The maximum Gasteiger partial charge on any atom is 0.252 e. The summed E-state index contributed by atoms with van der Waals surface area (Å²) >= 11 is 13.0. The SMILES string of the molecule is C[C@H](S[C@@H](C)C(=O)N/N=C/c1cccc(Cl)c1)C(=O)N/N=C\c1cccc(Cl)c1. The predicted molar refractivity (Wildman–Crippen MR) is 121 cm³/mol. The van der Waals surface area contributed by atoms with E-state index in [1.54, 1.807) is 50.2 Å². The minimum absolute atomic E-state index is 0.310. The summed E-state index contributed by atoms with van der Waals surface area (Å²) < 4.78 is 0. The zero-order valence-corrected chi connectivity index (χ0v) is 18.1. The largest absolute Gasteiger partial charge is 0.272 e. The molecule has 0 aliphatic rings. The molecular formula is C20H20Cl2N4O2S. The minimum Gasteiger partial charge on any atom is -0.272 e. The molecule has 6 nitrogen and oxygen atoms in total. The van der Waals surface area contributed by atoms with Crippen molar-refractivity contribution in [2.45, 2.75) is 24.3 Å². The number of hydrogen-bond acceptors (Lipinski definition) is 5. The van der Waals surface area contributed by atoms with Gasteiger partial charge in [-0.2, -0.15) is 10.2 Å². The highest BCUT2D eigenvalue weighted by Crippen LogP contribution is 2.18. The molecule has 2 N–H and O–H groups in total. The molecule has 0 aliphatic heterocycles. The molecule has 2 amide bonds. The van der Waals surface area contributed by atoms with Crippen molar-refractivity contribution >= 4 is 59.2 Å². The summed E-state index contributed by atoms with van der Waals surface area (Å²) in [6, 6.07) is 14.2.